The van der Waals surface area contributed by atoms with Crippen molar-refractivity contribution in [3.05, 3.63) is 66.1 Å². The van der Waals surface area contributed by atoms with E-state index < -0.39 is 6.16 Å². The fraction of sp³-hybridized carbons (Fsp3) is 0.296. The van der Waals surface area contributed by atoms with Gasteiger partial charge < -0.3 is 21.1 Å². The summed E-state index contributed by atoms with van der Waals surface area (Å²) in [6, 6.07) is 14.0. The molecule has 1 fully saturated rings. The van der Waals surface area contributed by atoms with E-state index in [1.807, 2.05) is 48.7 Å². The SMILES string of the molecule is CC(=O)c1c(C2CCC(CO)CC2)nc2c(-c3ccc(-c4ccccc4)nc3)cnn2c1N.O=C(O)O. The van der Waals surface area contributed by atoms with Crippen molar-refractivity contribution in [3.63, 3.8) is 0 Å². The van der Waals surface area contributed by atoms with E-state index in [1.54, 1.807) is 10.7 Å². The lowest BCUT2D eigenvalue weighted by atomic mass is 9.79. The van der Waals surface area contributed by atoms with Gasteiger partial charge in [-0.25, -0.2) is 9.78 Å². The molecule has 0 spiro atoms. The number of anilines is 1. The monoisotopic (exact) mass is 503 g/mol. The molecule has 10 nitrogen and oxygen atoms in total. The fourth-order valence-corrected chi connectivity index (χ4v) is 4.84. The van der Waals surface area contributed by atoms with Crippen LogP contribution in [0.2, 0.25) is 0 Å². The number of fused-ring (bicyclic) bond motifs is 1. The summed E-state index contributed by atoms with van der Waals surface area (Å²) in [7, 11) is 0. The molecule has 192 valence electrons. The third-order valence-electron chi connectivity index (χ3n) is 6.70. The van der Waals surface area contributed by atoms with Crippen LogP contribution in [0, 0.1) is 5.92 Å². The third-order valence-corrected chi connectivity index (χ3v) is 6.70. The summed E-state index contributed by atoms with van der Waals surface area (Å²) in [6.45, 7) is 1.73. The highest BCUT2D eigenvalue weighted by Crippen LogP contribution is 2.39. The van der Waals surface area contributed by atoms with Gasteiger partial charge in [-0.3, -0.25) is 9.78 Å². The van der Waals surface area contributed by atoms with Gasteiger partial charge in [-0.15, -0.1) is 0 Å². The number of aromatic nitrogens is 4. The van der Waals surface area contributed by atoms with Crippen molar-refractivity contribution in [1.82, 2.24) is 19.6 Å². The lowest BCUT2D eigenvalue weighted by Crippen LogP contribution is -2.21. The van der Waals surface area contributed by atoms with Crippen molar-refractivity contribution >= 4 is 23.4 Å². The van der Waals surface area contributed by atoms with Gasteiger partial charge in [0.2, 0.25) is 0 Å². The summed E-state index contributed by atoms with van der Waals surface area (Å²) in [5.41, 5.74) is 12.0. The van der Waals surface area contributed by atoms with Crippen molar-refractivity contribution in [3.8, 4) is 22.4 Å². The Morgan fingerprint density at radius 3 is 2.24 bits per heavy atom. The summed E-state index contributed by atoms with van der Waals surface area (Å²) >= 11 is 0. The van der Waals surface area contributed by atoms with Gasteiger partial charge in [0, 0.05) is 35.4 Å². The van der Waals surface area contributed by atoms with Gasteiger partial charge in [-0.05, 0) is 44.6 Å². The molecule has 37 heavy (non-hydrogen) atoms. The quantitative estimate of drug-likeness (QED) is 0.282. The molecular formula is C27H29N5O5. The van der Waals surface area contributed by atoms with E-state index in [-0.39, 0.29) is 18.3 Å². The Balaban J connectivity index is 0.000000747. The van der Waals surface area contributed by atoms with E-state index in [1.165, 1.54) is 6.92 Å². The van der Waals surface area contributed by atoms with Crippen LogP contribution in [0.15, 0.2) is 54.9 Å². The number of hydrogen-bond donors (Lipinski definition) is 4. The molecule has 0 saturated heterocycles. The number of benzene rings is 1. The zero-order valence-corrected chi connectivity index (χ0v) is 20.4. The second kappa shape index (κ2) is 11.2. The second-order valence-electron chi connectivity index (χ2n) is 9.09. The maximum absolute atomic E-state index is 12.5. The maximum atomic E-state index is 12.5. The molecule has 0 bridgehead atoms. The van der Waals surface area contributed by atoms with Gasteiger partial charge in [-0.2, -0.15) is 9.61 Å². The first-order chi connectivity index (χ1) is 17.8. The molecule has 0 unspecified atom stereocenters. The number of rotatable bonds is 5. The first-order valence-electron chi connectivity index (χ1n) is 12.0. The molecule has 1 aliphatic carbocycles. The molecule has 5 rings (SSSR count). The molecule has 1 saturated carbocycles. The van der Waals surface area contributed by atoms with Crippen molar-refractivity contribution < 1.29 is 24.9 Å². The molecule has 1 aromatic carbocycles. The van der Waals surface area contributed by atoms with Crippen LogP contribution < -0.4 is 5.73 Å². The minimum absolute atomic E-state index is 0.105. The Morgan fingerprint density at radius 2 is 1.68 bits per heavy atom. The molecule has 5 N–H and O–H groups in total. The maximum Gasteiger partial charge on any atom is 0.503 e. The summed E-state index contributed by atoms with van der Waals surface area (Å²) in [5.74, 6) is 0.683. The number of nitrogens with zero attached hydrogens (tertiary/aromatic N) is 4. The number of carboxylic acid groups (broad SMARTS) is 2. The van der Waals surface area contributed by atoms with Crippen molar-refractivity contribution in [2.24, 2.45) is 5.92 Å². The Labute approximate surface area is 213 Å². The number of nitrogens with two attached hydrogens (primary N) is 1. The highest BCUT2D eigenvalue weighted by molar-refractivity contribution is 6.00. The minimum atomic E-state index is -1.83. The van der Waals surface area contributed by atoms with Crippen molar-refractivity contribution in [2.45, 2.75) is 38.5 Å². The standard InChI is InChI=1S/C26H27N5O2.CH2O3/c1-16(33)23-24(19-9-7-17(15-32)8-10-19)30-26-21(14-29-31(26)25(23)27)20-11-12-22(28-13-20)18-5-3-2-4-6-18;2-1(3)4/h2-6,11-14,17,19,32H,7-10,15,27H2,1H3;(H2,2,3,4). The van der Waals surface area contributed by atoms with E-state index in [0.29, 0.717) is 22.9 Å². The Kier molecular flexibility index (Phi) is 7.78. The van der Waals surface area contributed by atoms with Crippen LogP contribution in [0.4, 0.5) is 10.6 Å². The van der Waals surface area contributed by atoms with Crippen molar-refractivity contribution in [1.29, 1.82) is 0 Å². The molecule has 3 aromatic heterocycles. The summed E-state index contributed by atoms with van der Waals surface area (Å²) < 4.78 is 1.56. The van der Waals surface area contributed by atoms with E-state index in [0.717, 1.165) is 53.8 Å². The lowest BCUT2D eigenvalue weighted by Gasteiger charge is -2.28. The molecule has 3 heterocycles. The Morgan fingerprint density at radius 1 is 1.00 bits per heavy atom. The van der Waals surface area contributed by atoms with Gasteiger partial charge in [0.25, 0.3) is 0 Å². The van der Waals surface area contributed by atoms with E-state index in [9.17, 15) is 9.90 Å². The van der Waals surface area contributed by atoms with Crippen LogP contribution in [-0.4, -0.2) is 53.4 Å². The van der Waals surface area contributed by atoms with Crippen LogP contribution in [0.1, 0.15) is 54.6 Å². The molecule has 0 atom stereocenters. The summed E-state index contributed by atoms with van der Waals surface area (Å²) in [5, 5.41) is 27.9. The third kappa shape index (κ3) is 5.59. The second-order valence-corrected chi connectivity index (χ2v) is 9.09. The molecule has 0 aliphatic heterocycles. The van der Waals surface area contributed by atoms with Gasteiger partial charge in [-0.1, -0.05) is 36.4 Å². The first kappa shape index (κ1) is 25.8. The predicted molar refractivity (Wildman–Crippen MR) is 139 cm³/mol. The number of aliphatic hydroxyl groups is 1. The minimum Gasteiger partial charge on any atom is -0.450 e. The Bertz CT molecular complexity index is 1390. The number of ketones is 1. The summed E-state index contributed by atoms with van der Waals surface area (Å²) in [6.07, 6.45) is 5.32. The Hall–Kier alpha value is -4.31. The number of aliphatic hydroxyl groups excluding tert-OH is 1. The lowest BCUT2D eigenvalue weighted by molar-refractivity contribution is 0.101. The van der Waals surface area contributed by atoms with E-state index >= 15 is 0 Å². The van der Waals surface area contributed by atoms with Gasteiger partial charge in [0.15, 0.2) is 11.4 Å². The van der Waals surface area contributed by atoms with Gasteiger partial charge in [0.05, 0.1) is 23.1 Å². The molecule has 0 amide bonds. The molecular weight excluding hydrogens is 474 g/mol. The largest absolute Gasteiger partial charge is 0.503 e. The number of nitrogen functional groups attached to an aromatic ring is 1. The average molecular weight is 504 g/mol. The first-order valence-corrected chi connectivity index (χ1v) is 12.0. The highest BCUT2D eigenvalue weighted by atomic mass is 16.6. The number of carbonyl (C=O) groups excluding carboxylic acids is 1. The summed E-state index contributed by atoms with van der Waals surface area (Å²) in [4.78, 5) is 30.7. The topological polar surface area (TPSA) is 164 Å². The molecule has 10 heteroatoms. The van der Waals surface area contributed by atoms with Crippen LogP contribution >= 0.6 is 0 Å². The molecule has 0 radical (unpaired) electrons. The van der Waals surface area contributed by atoms with Crippen LogP contribution in [-0.2, 0) is 0 Å². The van der Waals surface area contributed by atoms with Crippen molar-refractivity contribution in [2.75, 3.05) is 12.3 Å². The van der Waals surface area contributed by atoms with Crippen LogP contribution in [0.3, 0.4) is 0 Å². The number of carbonyl (C=O) groups is 2. The van der Waals surface area contributed by atoms with E-state index in [4.69, 9.17) is 25.7 Å². The number of hydrogen-bond acceptors (Lipinski definition) is 7. The van der Waals surface area contributed by atoms with Crippen LogP contribution in [0.25, 0.3) is 28.0 Å². The van der Waals surface area contributed by atoms with Gasteiger partial charge in [0.1, 0.15) is 5.82 Å². The van der Waals surface area contributed by atoms with Gasteiger partial charge >= 0.3 is 6.16 Å². The zero-order valence-electron chi connectivity index (χ0n) is 20.4. The fourth-order valence-electron chi connectivity index (χ4n) is 4.84. The zero-order chi connectivity index (χ0) is 26.5. The molecule has 4 aromatic rings. The highest BCUT2D eigenvalue weighted by Gasteiger charge is 2.29. The smallest absolute Gasteiger partial charge is 0.450 e. The average Bonchev–Trinajstić information content (AvgIpc) is 3.33. The number of Topliss-reactive ketones (excluding diaryl/α,β-unsaturated/α-hetero) is 1. The number of pyridine rings is 1. The molecule has 1 aliphatic rings. The predicted octanol–water partition coefficient (Wildman–Crippen LogP) is 4.73. The van der Waals surface area contributed by atoms with Crippen LogP contribution in [0.5, 0.6) is 0 Å². The van der Waals surface area contributed by atoms with E-state index in [2.05, 4.69) is 10.1 Å². The normalized spacial score (nSPS) is 17.1.